The summed E-state index contributed by atoms with van der Waals surface area (Å²) in [6.45, 7) is 5.35. The van der Waals surface area contributed by atoms with E-state index in [0.717, 1.165) is 25.9 Å². The van der Waals surface area contributed by atoms with Gasteiger partial charge in [-0.1, -0.05) is 19.1 Å². The number of sulfone groups is 1. The van der Waals surface area contributed by atoms with Gasteiger partial charge in [0.2, 0.25) is 9.84 Å². The molecule has 26 heavy (non-hydrogen) atoms. The van der Waals surface area contributed by atoms with Crippen LogP contribution in [0.2, 0.25) is 0 Å². The van der Waals surface area contributed by atoms with Crippen LogP contribution in [0.1, 0.15) is 35.7 Å². The molecule has 9 heteroatoms. The van der Waals surface area contributed by atoms with Crippen molar-refractivity contribution in [2.75, 3.05) is 26.2 Å². The van der Waals surface area contributed by atoms with Crippen molar-refractivity contribution in [3.05, 3.63) is 35.4 Å². The zero-order valence-corrected chi connectivity index (χ0v) is 16.3. The number of amides is 1. The van der Waals surface area contributed by atoms with Crippen molar-refractivity contribution in [1.82, 2.24) is 10.2 Å². The number of nitrogens with zero attached hydrogens (tertiary/aromatic N) is 1. The van der Waals surface area contributed by atoms with Gasteiger partial charge in [-0.05, 0) is 49.5 Å². The van der Waals surface area contributed by atoms with Gasteiger partial charge in [0.15, 0.2) is 0 Å². The van der Waals surface area contributed by atoms with Crippen molar-refractivity contribution in [3.8, 4) is 0 Å². The number of carbonyl (C=O) groups is 1. The first kappa shape index (κ1) is 22.8. The summed E-state index contributed by atoms with van der Waals surface area (Å²) in [5.41, 5.74) is 0.699. The van der Waals surface area contributed by atoms with Crippen LogP contribution in [0.3, 0.4) is 0 Å². The molecule has 1 amide bonds. The topological polar surface area (TPSA) is 66.5 Å². The number of benzene rings is 1. The van der Waals surface area contributed by atoms with Crippen LogP contribution in [0.25, 0.3) is 0 Å². The lowest BCUT2D eigenvalue weighted by Crippen LogP contribution is -2.40. The van der Waals surface area contributed by atoms with Crippen molar-refractivity contribution in [2.45, 2.75) is 31.3 Å². The van der Waals surface area contributed by atoms with E-state index < -0.39 is 21.3 Å². The molecule has 5 nitrogen and oxygen atoms in total. The Labute approximate surface area is 159 Å². The van der Waals surface area contributed by atoms with E-state index in [1.165, 1.54) is 24.3 Å². The predicted molar refractivity (Wildman–Crippen MR) is 99.5 cm³/mol. The fourth-order valence-corrected chi connectivity index (χ4v) is 3.69. The second kappa shape index (κ2) is 10.2. The number of alkyl halides is 2. The molecule has 1 fully saturated rings. The Morgan fingerprint density at radius 1 is 1.23 bits per heavy atom. The number of halogens is 3. The summed E-state index contributed by atoms with van der Waals surface area (Å²) in [4.78, 5) is 14.3. The molecule has 1 N–H and O–H groups in total. The van der Waals surface area contributed by atoms with E-state index in [4.69, 9.17) is 0 Å². The van der Waals surface area contributed by atoms with Crippen LogP contribution in [-0.4, -0.2) is 51.2 Å². The third-order valence-corrected chi connectivity index (χ3v) is 5.70. The quantitative estimate of drug-likeness (QED) is 0.750. The Morgan fingerprint density at radius 3 is 2.31 bits per heavy atom. The van der Waals surface area contributed by atoms with Crippen molar-refractivity contribution in [1.29, 1.82) is 0 Å². The van der Waals surface area contributed by atoms with E-state index in [2.05, 4.69) is 12.2 Å². The number of likely N-dealkylation sites (tertiary alicyclic amines) is 1. The van der Waals surface area contributed by atoms with Gasteiger partial charge in [-0.15, -0.1) is 12.4 Å². The van der Waals surface area contributed by atoms with Gasteiger partial charge >= 0.3 is 5.76 Å². The van der Waals surface area contributed by atoms with E-state index >= 15 is 0 Å². The zero-order valence-electron chi connectivity index (χ0n) is 14.7. The molecule has 0 aromatic heterocycles. The second-order valence-electron chi connectivity index (χ2n) is 6.31. The Hall–Kier alpha value is -1.25. The Kier molecular flexibility index (Phi) is 8.92. The molecule has 148 valence electrons. The first-order valence-electron chi connectivity index (χ1n) is 8.42. The number of hydrogen-bond donors (Lipinski definition) is 1. The molecule has 0 unspecified atom stereocenters. The third kappa shape index (κ3) is 6.17. The molecule has 0 radical (unpaired) electrons. The molecule has 0 spiro atoms. The van der Waals surface area contributed by atoms with Crippen LogP contribution in [0, 0.1) is 5.92 Å². The SMILES string of the molecule is CCNCC1CCN(C(=O)c2ccc(CS(=O)(=O)C(F)F)cc2)CC1.Cl. The molecule has 1 aromatic carbocycles. The van der Waals surface area contributed by atoms with Gasteiger partial charge in [0.25, 0.3) is 5.91 Å². The molecule has 0 aliphatic carbocycles. The van der Waals surface area contributed by atoms with E-state index in [1.54, 1.807) is 4.90 Å². The minimum atomic E-state index is -4.45. The van der Waals surface area contributed by atoms with Crippen LogP contribution in [0.5, 0.6) is 0 Å². The number of carbonyl (C=O) groups excluding carboxylic acids is 1. The maximum Gasteiger partial charge on any atom is 0.337 e. The molecular formula is C17H25ClF2N2O3S. The molecule has 1 aromatic rings. The highest BCUT2D eigenvalue weighted by molar-refractivity contribution is 7.90. The monoisotopic (exact) mass is 410 g/mol. The van der Waals surface area contributed by atoms with Gasteiger partial charge in [-0.3, -0.25) is 4.79 Å². The minimum Gasteiger partial charge on any atom is -0.339 e. The van der Waals surface area contributed by atoms with Crippen LogP contribution >= 0.6 is 12.4 Å². The van der Waals surface area contributed by atoms with Crippen molar-refractivity contribution in [3.63, 3.8) is 0 Å². The van der Waals surface area contributed by atoms with Gasteiger partial charge < -0.3 is 10.2 Å². The smallest absolute Gasteiger partial charge is 0.337 e. The van der Waals surface area contributed by atoms with Crippen LogP contribution in [0.15, 0.2) is 24.3 Å². The molecule has 1 aliphatic heterocycles. The molecule has 0 atom stereocenters. The number of nitrogens with one attached hydrogen (secondary N) is 1. The zero-order chi connectivity index (χ0) is 18.4. The average molecular weight is 411 g/mol. The van der Waals surface area contributed by atoms with Gasteiger partial charge in [-0.2, -0.15) is 8.78 Å². The Bertz CT molecular complexity index is 676. The number of rotatable bonds is 7. The van der Waals surface area contributed by atoms with Crippen molar-refractivity contribution >= 4 is 28.2 Å². The summed E-state index contributed by atoms with van der Waals surface area (Å²) < 4.78 is 47.3. The van der Waals surface area contributed by atoms with Crippen LogP contribution in [0.4, 0.5) is 8.78 Å². The summed E-state index contributed by atoms with van der Waals surface area (Å²) >= 11 is 0. The number of hydrogen-bond acceptors (Lipinski definition) is 4. The maximum atomic E-state index is 12.5. The fraction of sp³-hybridized carbons (Fsp3) is 0.588. The van der Waals surface area contributed by atoms with E-state index in [9.17, 15) is 22.0 Å². The standard InChI is InChI=1S/C17H24F2N2O3S.ClH/c1-2-20-11-13-7-9-21(10-8-13)16(22)15-5-3-14(4-6-15)12-25(23,24)17(18)19;/h3-6,13,17,20H,2,7-12H2,1H3;1H. The molecule has 1 heterocycles. The number of piperidine rings is 1. The summed E-state index contributed by atoms with van der Waals surface area (Å²) in [5.74, 6) is -3.65. The van der Waals surface area contributed by atoms with Gasteiger partial charge in [0.05, 0.1) is 5.75 Å². The largest absolute Gasteiger partial charge is 0.339 e. The lowest BCUT2D eigenvalue weighted by atomic mass is 9.96. The lowest BCUT2D eigenvalue weighted by molar-refractivity contribution is 0.0690. The van der Waals surface area contributed by atoms with Gasteiger partial charge in [0, 0.05) is 18.7 Å². The van der Waals surface area contributed by atoms with Gasteiger partial charge in [-0.25, -0.2) is 8.42 Å². The van der Waals surface area contributed by atoms with Crippen molar-refractivity contribution < 1.29 is 22.0 Å². The molecular weight excluding hydrogens is 386 g/mol. The Morgan fingerprint density at radius 2 is 1.81 bits per heavy atom. The van der Waals surface area contributed by atoms with E-state index in [0.29, 0.717) is 24.6 Å². The van der Waals surface area contributed by atoms with Crippen molar-refractivity contribution in [2.24, 2.45) is 5.92 Å². The fourth-order valence-electron chi connectivity index (χ4n) is 2.91. The summed E-state index contributed by atoms with van der Waals surface area (Å²) in [6, 6.07) is 5.85. The third-order valence-electron chi connectivity index (χ3n) is 4.42. The van der Waals surface area contributed by atoms with E-state index in [-0.39, 0.29) is 23.9 Å². The first-order chi connectivity index (χ1) is 11.8. The Balaban J connectivity index is 0.00000338. The molecule has 0 bridgehead atoms. The first-order valence-corrected chi connectivity index (χ1v) is 10.1. The second-order valence-corrected chi connectivity index (χ2v) is 8.28. The molecule has 1 aliphatic rings. The summed E-state index contributed by atoms with van der Waals surface area (Å²) in [7, 11) is -4.45. The van der Waals surface area contributed by atoms with Gasteiger partial charge in [0.1, 0.15) is 0 Å². The maximum absolute atomic E-state index is 12.5. The normalized spacial score (nSPS) is 15.8. The minimum absolute atomic E-state index is 0. The summed E-state index contributed by atoms with van der Waals surface area (Å²) in [5, 5.41) is 3.32. The average Bonchev–Trinajstić information content (AvgIpc) is 2.60. The highest BCUT2D eigenvalue weighted by Gasteiger charge is 2.25. The summed E-state index contributed by atoms with van der Waals surface area (Å²) in [6.07, 6.45) is 1.90. The molecule has 2 rings (SSSR count). The highest BCUT2D eigenvalue weighted by Crippen LogP contribution is 2.19. The molecule has 1 saturated heterocycles. The highest BCUT2D eigenvalue weighted by atomic mass is 35.5. The molecule has 0 saturated carbocycles. The van der Waals surface area contributed by atoms with E-state index in [1.807, 2.05) is 0 Å². The van der Waals surface area contributed by atoms with Crippen LogP contribution in [-0.2, 0) is 15.6 Å². The van der Waals surface area contributed by atoms with Crippen LogP contribution < -0.4 is 5.32 Å². The predicted octanol–water partition coefficient (Wildman–Crippen LogP) is 2.71. The lowest BCUT2D eigenvalue weighted by Gasteiger charge is -2.32.